The Bertz CT molecular complexity index is 535. The zero-order chi connectivity index (χ0) is 13.1. The number of rotatable bonds is 3. The molecule has 0 aliphatic rings. The summed E-state index contributed by atoms with van der Waals surface area (Å²) in [5, 5.41) is 11.0. The Morgan fingerprint density at radius 3 is 2.33 bits per heavy atom. The van der Waals surface area contributed by atoms with Gasteiger partial charge in [-0.2, -0.15) is 0 Å². The fourth-order valence-corrected chi connectivity index (χ4v) is 2.03. The summed E-state index contributed by atoms with van der Waals surface area (Å²) in [5.74, 6) is 0.791. The molecule has 0 amide bonds. The average molecular weight is 263 g/mol. The van der Waals surface area contributed by atoms with Gasteiger partial charge in [-0.3, -0.25) is 0 Å². The van der Waals surface area contributed by atoms with E-state index in [0.29, 0.717) is 5.02 Å². The first-order chi connectivity index (χ1) is 8.61. The molecule has 0 heterocycles. The number of aliphatic hydroxyl groups excluding tert-OH is 1. The van der Waals surface area contributed by atoms with Gasteiger partial charge in [0, 0.05) is 5.02 Å². The van der Waals surface area contributed by atoms with Gasteiger partial charge in [-0.1, -0.05) is 29.8 Å². The van der Waals surface area contributed by atoms with Crippen LogP contribution < -0.4 is 4.74 Å². The normalized spacial score (nSPS) is 12.2. The zero-order valence-corrected chi connectivity index (χ0v) is 11.1. The minimum Gasteiger partial charge on any atom is -0.497 e. The number of hydrogen-bond acceptors (Lipinski definition) is 2. The van der Waals surface area contributed by atoms with E-state index in [9.17, 15) is 5.11 Å². The van der Waals surface area contributed by atoms with Crippen molar-refractivity contribution in [3.05, 3.63) is 64.2 Å². The predicted octanol–water partition coefficient (Wildman–Crippen LogP) is 3.74. The minimum atomic E-state index is -0.645. The van der Waals surface area contributed by atoms with Crippen LogP contribution in [-0.2, 0) is 0 Å². The molecular weight excluding hydrogens is 248 g/mol. The van der Waals surface area contributed by atoms with Gasteiger partial charge in [-0.25, -0.2) is 0 Å². The quantitative estimate of drug-likeness (QED) is 0.913. The summed E-state index contributed by atoms with van der Waals surface area (Å²) in [5.41, 5.74) is 2.70. The fraction of sp³-hybridized carbons (Fsp3) is 0.200. The van der Waals surface area contributed by atoms with Crippen molar-refractivity contribution in [1.29, 1.82) is 0 Å². The molecular formula is C15H15ClO2. The van der Waals surface area contributed by atoms with Crippen LogP contribution in [0.25, 0.3) is 0 Å². The van der Waals surface area contributed by atoms with Crippen LogP contribution in [0.3, 0.4) is 0 Å². The largest absolute Gasteiger partial charge is 0.497 e. The lowest BCUT2D eigenvalue weighted by Crippen LogP contribution is -2.02. The highest BCUT2D eigenvalue weighted by Gasteiger charge is 2.13. The fourth-order valence-electron chi connectivity index (χ4n) is 1.91. The van der Waals surface area contributed by atoms with Crippen molar-refractivity contribution in [2.75, 3.05) is 7.11 Å². The van der Waals surface area contributed by atoms with E-state index >= 15 is 0 Å². The summed E-state index contributed by atoms with van der Waals surface area (Å²) in [4.78, 5) is 0. The molecule has 0 radical (unpaired) electrons. The summed E-state index contributed by atoms with van der Waals surface area (Å²) < 4.78 is 5.15. The Kier molecular flexibility index (Phi) is 3.90. The smallest absolute Gasteiger partial charge is 0.119 e. The van der Waals surface area contributed by atoms with Gasteiger partial charge < -0.3 is 9.84 Å². The van der Waals surface area contributed by atoms with Gasteiger partial charge in [0.15, 0.2) is 0 Å². The number of methoxy groups -OCH3 is 1. The highest BCUT2D eigenvalue weighted by atomic mass is 35.5. The third-order valence-electron chi connectivity index (χ3n) is 2.96. The lowest BCUT2D eigenvalue weighted by atomic mass is 9.97. The molecule has 0 saturated heterocycles. The van der Waals surface area contributed by atoms with Gasteiger partial charge in [-0.15, -0.1) is 0 Å². The van der Waals surface area contributed by atoms with E-state index < -0.39 is 6.10 Å². The van der Waals surface area contributed by atoms with E-state index in [4.69, 9.17) is 16.3 Å². The van der Waals surface area contributed by atoms with Crippen molar-refractivity contribution in [1.82, 2.24) is 0 Å². The number of ether oxygens (including phenoxy) is 1. The van der Waals surface area contributed by atoms with Gasteiger partial charge in [-0.05, 0) is 47.9 Å². The van der Waals surface area contributed by atoms with Crippen LogP contribution >= 0.6 is 11.6 Å². The summed E-state index contributed by atoms with van der Waals surface area (Å²) in [6.07, 6.45) is -0.645. The van der Waals surface area contributed by atoms with Crippen LogP contribution in [0, 0.1) is 6.92 Å². The molecule has 1 unspecified atom stereocenters. The molecule has 1 N–H and O–H groups in total. The lowest BCUT2D eigenvalue weighted by molar-refractivity contribution is 0.219. The molecule has 2 aromatic rings. The Morgan fingerprint density at radius 1 is 1.11 bits per heavy atom. The van der Waals surface area contributed by atoms with Crippen molar-refractivity contribution in [3.63, 3.8) is 0 Å². The van der Waals surface area contributed by atoms with E-state index in [1.807, 2.05) is 37.3 Å². The Hall–Kier alpha value is -1.51. The van der Waals surface area contributed by atoms with E-state index in [1.54, 1.807) is 19.2 Å². The topological polar surface area (TPSA) is 29.5 Å². The highest BCUT2D eigenvalue weighted by molar-refractivity contribution is 6.30. The molecule has 94 valence electrons. The Balaban J connectivity index is 2.33. The first-order valence-corrected chi connectivity index (χ1v) is 6.07. The second kappa shape index (κ2) is 5.42. The summed E-state index contributed by atoms with van der Waals surface area (Å²) in [6, 6.07) is 12.9. The van der Waals surface area contributed by atoms with E-state index in [1.165, 1.54) is 0 Å². The van der Waals surface area contributed by atoms with Crippen molar-refractivity contribution in [2.24, 2.45) is 0 Å². The third-order valence-corrected chi connectivity index (χ3v) is 3.21. The van der Waals surface area contributed by atoms with Gasteiger partial charge in [0.2, 0.25) is 0 Å². The zero-order valence-electron chi connectivity index (χ0n) is 10.4. The maximum atomic E-state index is 10.3. The van der Waals surface area contributed by atoms with Crippen LogP contribution in [0.4, 0.5) is 0 Å². The lowest BCUT2D eigenvalue weighted by Gasteiger charge is -2.15. The number of hydrogen-bond donors (Lipinski definition) is 1. The summed E-state index contributed by atoms with van der Waals surface area (Å²) in [6.45, 7) is 1.96. The molecule has 0 fully saturated rings. The van der Waals surface area contributed by atoms with Gasteiger partial charge in [0.25, 0.3) is 0 Å². The molecule has 0 spiro atoms. The van der Waals surface area contributed by atoms with Crippen molar-refractivity contribution >= 4 is 11.6 Å². The van der Waals surface area contributed by atoms with Gasteiger partial charge in [0.05, 0.1) is 7.11 Å². The molecule has 0 saturated carbocycles. The maximum absolute atomic E-state index is 10.3. The monoisotopic (exact) mass is 262 g/mol. The van der Waals surface area contributed by atoms with Crippen molar-refractivity contribution < 1.29 is 9.84 Å². The van der Waals surface area contributed by atoms with Crippen LogP contribution in [0.1, 0.15) is 22.8 Å². The number of benzene rings is 2. The molecule has 2 nitrogen and oxygen atoms in total. The van der Waals surface area contributed by atoms with Crippen molar-refractivity contribution in [3.8, 4) is 5.75 Å². The first-order valence-electron chi connectivity index (χ1n) is 5.70. The molecule has 0 aliphatic heterocycles. The second-order valence-electron chi connectivity index (χ2n) is 4.18. The second-order valence-corrected chi connectivity index (χ2v) is 4.61. The minimum absolute atomic E-state index is 0.645. The number of halogens is 1. The number of aliphatic hydroxyl groups is 1. The standard InChI is InChI=1S/C15H15ClO2/c1-10-9-13(18-2)7-8-14(10)15(17)11-3-5-12(16)6-4-11/h3-9,15,17H,1-2H3. The maximum Gasteiger partial charge on any atom is 0.119 e. The molecule has 1 atom stereocenters. The molecule has 2 rings (SSSR count). The molecule has 3 heteroatoms. The van der Waals surface area contributed by atoms with Crippen LogP contribution in [0.15, 0.2) is 42.5 Å². The SMILES string of the molecule is COc1ccc(C(O)c2ccc(Cl)cc2)c(C)c1. The van der Waals surface area contributed by atoms with Crippen LogP contribution in [0.5, 0.6) is 5.75 Å². The molecule has 18 heavy (non-hydrogen) atoms. The van der Waals surface area contributed by atoms with E-state index in [0.717, 1.165) is 22.4 Å². The van der Waals surface area contributed by atoms with Crippen molar-refractivity contribution in [2.45, 2.75) is 13.0 Å². The molecule has 0 bridgehead atoms. The Labute approximate surface area is 112 Å². The van der Waals surface area contributed by atoms with Gasteiger partial charge >= 0.3 is 0 Å². The molecule has 0 aromatic heterocycles. The first kappa shape index (κ1) is 12.9. The predicted molar refractivity (Wildman–Crippen MR) is 73.2 cm³/mol. The molecule has 2 aromatic carbocycles. The summed E-state index contributed by atoms with van der Waals surface area (Å²) in [7, 11) is 1.63. The summed E-state index contributed by atoms with van der Waals surface area (Å²) >= 11 is 5.84. The molecule has 0 aliphatic carbocycles. The van der Waals surface area contributed by atoms with Crippen LogP contribution in [0.2, 0.25) is 5.02 Å². The van der Waals surface area contributed by atoms with E-state index in [-0.39, 0.29) is 0 Å². The average Bonchev–Trinajstić information content (AvgIpc) is 2.38. The Morgan fingerprint density at radius 2 is 1.78 bits per heavy atom. The van der Waals surface area contributed by atoms with Gasteiger partial charge in [0.1, 0.15) is 11.9 Å². The van der Waals surface area contributed by atoms with Crippen LogP contribution in [-0.4, -0.2) is 12.2 Å². The van der Waals surface area contributed by atoms with E-state index in [2.05, 4.69) is 0 Å². The third kappa shape index (κ3) is 2.66. The highest BCUT2D eigenvalue weighted by Crippen LogP contribution is 2.28. The number of aryl methyl sites for hydroxylation is 1.